The Bertz CT molecular complexity index is 768. The zero-order valence-corrected chi connectivity index (χ0v) is 14.3. The van der Waals surface area contributed by atoms with Gasteiger partial charge in [0.05, 0.1) is 11.5 Å². The smallest absolute Gasteiger partial charge is 0.292 e. The second-order valence-electron chi connectivity index (χ2n) is 5.09. The first kappa shape index (κ1) is 18.2. The highest BCUT2D eigenvalue weighted by Gasteiger charge is 2.17. The normalized spacial score (nSPS) is 11.8. The van der Waals surface area contributed by atoms with E-state index in [1.54, 1.807) is 6.07 Å². The second kappa shape index (κ2) is 8.10. The van der Waals surface area contributed by atoms with Crippen LogP contribution in [0.3, 0.4) is 0 Å². The lowest BCUT2D eigenvalue weighted by atomic mass is 10.1. The number of halogens is 2. The summed E-state index contributed by atoms with van der Waals surface area (Å²) in [4.78, 5) is 22.5. The van der Waals surface area contributed by atoms with Crippen molar-refractivity contribution in [1.82, 2.24) is 5.32 Å². The standard InChI is InChI=1S/C16H15Cl2N3O3/c1-10(12-4-2-3-5-13(12)18)19-9-16(22)20-14-8-11(17)6-7-15(14)21(23)24/h2-8,10,19H,9H2,1H3,(H,20,22)/t10-/m0/s1. The van der Waals surface area contributed by atoms with Gasteiger partial charge in [-0.2, -0.15) is 0 Å². The number of nitrogens with zero attached hydrogens (tertiary/aromatic N) is 1. The molecular formula is C16H15Cl2N3O3. The largest absolute Gasteiger partial charge is 0.319 e. The number of rotatable bonds is 6. The third-order valence-corrected chi connectivity index (χ3v) is 3.95. The molecule has 0 unspecified atom stereocenters. The summed E-state index contributed by atoms with van der Waals surface area (Å²) in [5.41, 5.74) is 0.706. The maximum absolute atomic E-state index is 12.0. The van der Waals surface area contributed by atoms with Gasteiger partial charge in [0.1, 0.15) is 5.69 Å². The minimum Gasteiger partial charge on any atom is -0.319 e. The summed E-state index contributed by atoms with van der Waals surface area (Å²) in [6, 6.07) is 11.1. The average molecular weight is 368 g/mol. The van der Waals surface area contributed by atoms with E-state index in [9.17, 15) is 14.9 Å². The van der Waals surface area contributed by atoms with E-state index in [2.05, 4.69) is 10.6 Å². The lowest BCUT2D eigenvalue weighted by Gasteiger charge is -2.15. The molecule has 6 nitrogen and oxygen atoms in total. The van der Waals surface area contributed by atoms with Crippen molar-refractivity contribution in [1.29, 1.82) is 0 Å². The summed E-state index contributed by atoms with van der Waals surface area (Å²) in [6.07, 6.45) is 0. The van der Waals surface area contributed by atoms with Crippen molar-refractivity contribution in [3.05, 3.63) is 68.2 Å². The van der Waals surface area contributed by atoms with Gasteiger partial charge < -0.3 is 10.6 Å². The van der Waals surface area contributed by atoms with Crippen LogP contribution in [-0.2, 0) is 4.79 Å². The summed E-state index contributed by atoms with van der Waals surface area (Å²) >= 11 is 11.9. The number of nitrogens with one attached hydrogen (secondary N) is 2. The summed E-state index contributed by atoms with van der Waals surface area (Å²) in [6.45, 7) is 1.84. The number of anilines is 1. The lowest BCUT2D eigenvalue weighted by molar-refractivity contribution is -0.383. The van der Waals surface area contributed by atoms with Gasteiger partial charge in [-0.15, -0.1) is 0 Å². The monoisotopic (exact) mass is 367 g/mol. The molecule has 0 fully saturated rings. The van der Waals surface area contributed by atoms with Gasteiger partial charge in [0.2, 0.25) is 5.91 Å². The Morgan fingerprint density at radius 1 is 1.25 bits per heavy atom. The number of carbonyl (C=O) groups is 1. The van der Waals surface area contributed by atoms with Crippen molar-refractivity contribution >= 4 is 40.5 Å². The first-order valence-corrected chi connectivity index (χ1v) is 7.85. The molecule has 2 aromatic carbocycles. The van der Waals surface area contributed by atoms with Gasteiger partial charge in [-0.25, -0.2) is 0 Å². The molecule has 2 aromatic rings. The number of carbonyl (C=O) groups excluding carboxylic acids is 1. The predicted octanol–water partition coefficient (Wildman–Crippen LogP) is 4.19. The quantitative estimate of drug-likeness (QED) is 0.592. The molecule has 2 rings (SSSR count). The highest BCUT2D eigenvalue weighted by molar-refractivity contribution is 6.31. The summed E-state index contributed by atoms with van der Waals surface area (Å²) < 4.78 is 0. The Hall–Kier alpha value is -2.15. The van der Waals surface area contributed by atoms with Gasteiger partial charge in [-0.3, -0.25) is 14.9 Å². The van der Waals surface area contributed by atoms with Gasteiger partial charge in [-0.1, -0.05) is 41.4 Å². The fourth-order valence-corrected chi connectivity index (χ4v) is 2.62. The molecule has 0 aliphatic rings. The number of nitro groups is 1. The van der Waals surface area contributed by atoms with Crippen molar-refractivity contribution in [2.75, 3.05) is 11.9 Å². The van der Waals surface area contributed by atoms with E-state index < -0.39 is 10.8 Å². The predicted molar refractivity (Wildman–Crippen MR) is 94.6 cm³/mol. The SMILES string of the molecule is C[C@H](NCC(=O)Nc1cc(Cl)ccc1[N+](=O)[O-])c1ccccc1Cl. The van der Waals surface area contributed by atoms with E-state index in [4.69, 9.17) is 23.2 Å². The maximum atomic E-state index is 12.0. The first-order valence-electron chi connectivity index (χ1n) is 7.10. The molecule has 24 heavy (non-hydrogen) atoms. The van der Waals surface area contributed by atoms with E-state index in [0.29, 0.717) is 10.0 Å². The number of hydrogen-bond donors (Lipinski definition) is 2. The minimum absolute atomic E-state index is 0.0317. The van der Waals surface area contributed by atoms with Crippen LogP contribution in [0.1, 0.15) is 18.5 Å². The molecule has 0 aliphatic heterocycles. The van der Waals surface area contributed by atoms with Crippen molar-refractivity contribution in [2.24, 2.45) is 0 Å². The zero-order valence-electron chi connectivity index (χ0n) is 12.8. The van der Waals surface area contributed by atoms with Crippen molar-refractivity contribution in [2.45, 2.75) is 13.0 Å². The molecule has 0 heterocycles. The van der Waals surface area contributed by atoms with E-state index >= 15 is 0 Å². The molecule has 126 valence electrons. The van der Waals surface area contributed by atoms with Crippen LogP contribution >= 0.6 is 23.2 Å². The third kappa shape index (κ3) is 4.67. The molecule has 0 spiro atoms. The Labute approximate surface area is 148 Å². The molecular weight excluding hydrogens is 353 g/mol. The van der Waals surface area contributed by atoms with Crippen molar-refractivity contribution in [3.63, 3.8) is 0 Å². The van der Waals surface area contributed by atoms with Crippen molar-refractivity contribution < 1.29 is 9.72 Å². The maximum Gasteiger partial charge on any atom is 0.292 e. The summed E-state index contributed by atoms with van der Waals surface area (Å²) in [5, 5.41) is 17.4. The molecule has 0 saturated heterocycles. The van der Waals surface area contributed by atoms with Gasteiger partial charge in [-0.05, 0) is 30.7 Å². The Kier molecular flexibility index (Phi) is 6.14. The Balaban J connectivity index is 2.00. The minimum atomic E-state index is -0.578. The van der Waals surface area contributed by atoms with E-state index in [-0.39, 0.29) is 24.0 Å². The van der Waals surface area contributed by atoms with Gasteiger partial charge in [0.15, 0.2) is 0 Å². The van der Waals surface area contributed by atoms with E-state index in [0.717, 1.165) is 5.56 Å². The van der Waals surface area contributed by atoms with Crippen LogP contribution in [-0.4, -0.2) is 17.4 Å². The third-order valence-electron chi connectivity index (χ3n) is 3.37. The van der Waals surface area contributed by atoms with E-state index in [1.165, 1.54) is 18.2 Å². The number of amides is 1. The fraction of sp³-hybridized carbons (Fsp3) is 0.188. The van der Waals surface area contributed by atoms with Gasteiger partial charge in [0.25, 0.3) is 5.69 Å². The first-order chi connectivity index (χ1) is 11.4. The van der Waals surface area contributed by atoms with Crippen LogP contribution in [0.2, 0.25) is 10.0 Å². The van der Waals surface area contributed by atoms with Crippen LogP contribution in [0, 0.1) is 10.1 Å². The van der Waals surface area contributed by atoms with Crippen LogP contribution in [0.25, 0.3) is 0 Å². The molecule has 0 aromatic heterocycles. The second-order valence-corrected chi connectivity index (χ2v) is 5.93. The molecule has 0 aliphatic carbocycles. The molecule has 1 atom stereocenters. The Morgan fingerprint density at radius 2 is 1.96 bits per heavy atom. The molecule has 0 radical (unpaired) electrons. The fourth-order valence-electron chi connectivity index (χ4n) is 2.14. The number of hydrogen-bond acceptors (Lipinski definition) is 4. The van der Waals surface area contributed by atoms with Crippen molar-refractivity contribution in [3.8, 4) is 0 Å². The van der Waals surface area contributed by atoms with Crippen LogP contribution in [0.5, 0.6) is 0 Å². The Morgan fingerprint density at radius 3 is 2.62 bits per heavy atom. The van der Waals surface area contributed by atoms with Crippen LogP contribution < -0.4 is 10.6 Å². The van der Waals surface area contributed by atoms with E-state index in [1.807, 2.05) is 25.1 Å². The topological polar surface area (TPSA) is 84.3 Å². The van der Waals surface area contributed by atoms with Crippen LogP contribution in [0.15, 0.2) is 42.5 Å². The van der Waals surface area contributed by atoms with Crippen LogP contribution in [0.4, 0.5) is 11.4 Å². The summed E-state index contributed by atoms with van der Waals surface area (Å²) in [7, 11) is 0. The lowest BCUT2D eigenvalue weighted by Crippen LogP contribution is -2.30. The summed E-state index contributed by atoms with van der Waals surface area (Å²) in [5.74, 6) is -0.417. The average Bonchev–Trinajstić information content (AvgIpc) is 2.53. The highest BCUT2D eigenvalue weighted by Crippen LogP contribution is 2.27. The number of benzene rings is 2. The molecule has 1 amide bonds. The van der Waals surface area contributed by atoms with Gasteiger partial charge >= 0.3 is 0 Å². The molecule has 0 bridgehead atoms. The number of nitro benzene ring substituents is 1. The highest BCUT2D eigenvalue weighted by atomic mass is 35.5. The zero-order chi connectivity index (χ0) is 17.7. The molecule has 8 heteroatoms. The molecule has 2 N–H and O–H groups in total. The molecule has 0 saturated carbocycles. The van der Waals surface area contributed by atoms with Gasteiger partial charge in [0, 0.05) is 22.2 Å².